The highest BCUT2D eigenvalue weighted by molar-refractivity contribution is 9.10. The first-order chi connectivity index (χ1) is 14.3. The van der Waals surface area contributed by atoms with Crippen molar-refractivity contribution in [1.29, 1.82) is 0 Å². The first-order valence-corrected chi connectivity index (χ1v) is 9.64. The van der Waals surface area contributed by atoms with Gasteiger partial charge in [0.25, 0.3) is 5.56 Å². The molecule has 30 heavy (non-hydrogen) atoms. The molecule has 2 atom stereocenters. The number of halogens is 3. The average Bonchev–Trinajstić information content (AvgIpc) is 3.20. The fourth-order valence-electron chi connectivity index (χ4n) is 3.36. The Kier molecular flexibility index (Phi) is 5.16. The van der Waals surface area contributed by atoms with Crippen molar-refractivity contribution in [2.75, 3.05) is 0 Å². The summed E-state index contributed by atoms with van der Waals surface area (Å²) in [5.41, 5.74) is -2.41. The minimum atomic E-state index is -2.03. The summed E-state index contributed by atoms with van der Waals surface area (Å²) in [6.07, 6.45) is 2.59. The Hall–Kier alpha value is -3.05. The van der Waals surface area contributed by atoms with Crippen LogP contribution in [0.25, 0.3) is 10.9 Å². The molecule has 0 bridgehead atoms. The van der Waals surface area contributed by atoms with E-state index in [1.165, 1.54) is 24.3 Å². The Morgan fingerprint density at radius 1 is 1.27 bits per heavy atom. The van der Waals surface area contributed by atoms with E-state index in [9.17, 15) is 18.7 Å². The summed E-state index contributed by atoms with van der Waals surface area (Å²) < 4.78 is 31.0. The smallest absolute Gasteiger partial charge is 0.279 e. The van der Waals surface area contributed by atoms with Crippen LogP contribution in [-0.4, -0.2) is 34.9 Å². The van der Waals surface area contributed by atoms with Crippen LogP contribution in [0.4, 0.5) is 8.78 Å². The number of rotatable bonds is 5. The van der Waals surface area contributed by atoms with Gasteiger partial charge in [-0.25, -0.2) is 23.1 Å². The van der Waals surface area contributed by atoms with Gasteiger partial charge in [0, 0.05) is 16.1 Å². The van der Waals surface area contributed by atoms with Crippen LogP contribution in [0.3, 0.4) is 0 Å². The Labute approximate surface area is 176 Å². The molecule has 0 unspecified atom stereocenters. The number of fused-ring (bicyclic) bond motifs is 1. The summed E-state index contributed by atoms with van der Waals surface area (Å²) in [7, 11) is 0. The lowest BCUT2D eigenvalue weighted by molar-refractivity contribution is -0.0390. The summed E-state index contributed by atoms with van der Waals surface area (Å²) in [6, 6.07) is 6.75. The van der Waals surface area contributed by atoms with Crippen LogP contribution in [0, 0.1) is 11.6 Å². The molecule has 0 aliphatic rings. The molecule has 4 rings (SSSR count). The molecule has 2 aromatic heterocycles. The third-order valence-corrected chi connectivity index (χ3v) is 5.65. The van der Waals surface area contributed by atoms with Gasteiger partial charge in [-0.3, -0.25) is 4.79 Å². The van der Waals surface area contributed by atoms with Gasteiger partial charge in [-0.2, -0.15) is 5.10 Å². The Morgan fingerprint density at radius 2 is 2.07 bits per heavy atom. The molecule has 4 aromatic rings. The first kappa shape index (κ1) is 20.2. The van der Waals surface area contributed by atoms with Gasteiger partial charge in [-0.1, -0.05) is 17.3 Å². The molecule has 11 heteroatoms. The van der Waals surface area contributed by atoms with E-state index in [1.807, 2.05) is 0 Å². The topological polar surface area (TPSA) is 98.7 Å². The summed E-state index contributed by atoms with van der Waals surface area (Å²) in [6.45, 7) is 1.23. The van der Waals surface area contributed by atoms with Crippen LogP contribution in [-0.2, 0) is 12.1 Å². The fourth-order valence-corrected chi connectivity index (χ4v) is 3.88. The maximum atomic E-state index is 14.7. The van der Waals surface area contributed by atoms with Crippen molar-refractivity contribution >= 4 is 26.8 Å². The third kappa shape index (κ3) is 3.39. The van der Waals surface area contributed by atoms with Crippen LogP contribution >= 0.6 is 15.9 Å². The second-order valence-electron chi connectivity index (χ2n) is 6.79. The maximum Gasteiger partial charge on any atom is 0.279 e. The molecule has 2 heterocycles. The third-order valence-electron chi connectivity index (χ3n) is 4.99. The SMILES string of the molecule is C[C@@H](n1nnc2cccc(Br)c2c1=O)[C@](O)(Cn1cncn1)c1ccc(F)cc1F. The molecule has 0 saturated heterocycles. The molecule has 0 amide bonds. The van der Waals surface area contributed by atoms with Gasteiger partial charge < -0.3 is 5.11 Å². The lowest BCUT2D eigenvalue weighted by Crippen LogP contribution is -2.44. The number of aromatic nitrogens is 6. The minimum Gasteiger partial charge on any atom is -0.381 e. The molecular formula is C19H15BrF2N6O2. The van der Waals surface area contributed by atoms with Crippen molar-refractivity contribution in [2.45, 2.75) is 25.1 Å². The zero-order valence-electron chi connectivity index (χ0n) is 15.6. The van der Waals surface area contributed by atoms with E-state index < -0.39 is 28.8 Å². The molecule has 0 radical (unpaired) electrons. The van der Waals surface area contributed by atoms with E-state index in [0.29, 0.717) is 16.1 Å². The number of hydrogen-bond donors (Lipinski definition) is 1. The van der Waals surface area contributed by atoms with Crippen LogP contribution in [0.1, 0.15) is 18.5 Å². The Bertz CT molecular complexity index is 1280. The highest BCUT2D eigenvalue weighted by Crippen LogP contribution is 2.36. The van der Waals surface area contributed by atoms with E-state index >= 15 is 0 Å². The lowest BCUT2D eigenvalue weighted by atomic mass is 9.86. The largest absolute Gasteiger partial charge is 0.381 e. The van der Waals surface area contributed by atoms with E-state index in [1.54, 1.807) is 18.2 Å². The molecule has 154 valence electrons. The predicted octanol–water partition coefficient (Wildman–Crippen LogP) is 2.57. The van der Waals surface area contributed by atoms with E-state index in [0.717, 1.165) is 16.8 Å². The zero-order valence-corrected chi connectivity index (χ0v) is 17.2. The van der Waals surface area contributed by atoms with E-state index in [-0.39, 0.29) is 17.5 Å². The van der Waals surface area contributed by atoms with Gasteiger partial charge in [0.1, 0.15) is 35.4 Å². The summed E-state index contributed by atoms with van der Waals surface area (Å²) in [5.74, 6) is -1.76. The van der Waals surface area contributed by atoms with Crippen LogP contribution in [0.2, 0.25) is 0 Å². The van der Waals surface area contributed by atoms with Gasteiger partial charge in [-0.15, -0.1) is 5.10 Å². The first-order valence-electron chi connectivity index (χ1n) is 8.85. The normalized spacial score (nSPS) is 14.6. The average molecular weight is 477 g/mol. The monoisotopic (exact) mass is 476 g/mol. The quantitative estimate of drug-likeness (QED) is 0.475. The number of benzene rings is 2. The van der Waals surface area contributed by atoms with Gasteiger partial charge >= 0.3 is 0 Å². The maximum absolute atomic E-state index is 14.7. The second-order valence-corrected chi connectivity index (χ2v) is 7.64. The van der Waals surface area contributed by atoms with Crippen molar-refractivity contribution in [3.05, 3.63) is 81.1 Å². The molecule has 1 N–H and O–H groups in total. The minimum absolute atomic E-state index is 0.215. The van der Waals surface area contributed by atoms with Crippen LogP contribution in [0.5, 0.6) is 0 Å². The number of aliphatic hydroxyl groups is 1. The number of nitrogens with zero attached hydrogens (tertiary/aromatic N) is 6. The highest BCUT2D eigenvalue weighted by Gasteiger charge is 2.41. The molecule has 0 aliphatic heterocycles. The molecule has 2 aromatic carbocycles. The number of hydrogen-bond acceptors (Lipinski definition) is 6. The standard InChI is InChI=1S/C19H15BrF2N6O2/c1-11(28-18(29)17-14(20)3-2-4-16(17)25-26-28)19(30,8-27-10-23-9-24-27)13-6-5-12(21)7-15(13)22/h2-7,9-11,30H,8H2,1H3/t11-,19-/m1/s1. The van der Waals surface area contributed by atoms with Crippen molar-refractivity contribution in [3.63, 3.8) is 0 Å². The molecule has 0 spiro atoms. The Balaban J connectivity index is 1.91. The van der Waals surface area contributed by atoms with E-state index in [2.05, 4.69) is 36.3 Å². The van der Waals surface area contributed by atoms with Gasteiger partial charge in [0.05, 0.1) is 18.0 Å². The summed E-state index contributed by atoms with van der Waals surface area (Å²) in [5, 5.41) is 23.8. The lowest BCUT2D eigenvalue weighted by Gasteiger charge is -2.34. The van der Waals surface area contributed by atoms with Crippen molar-refractivity contribution in [2.24, 2.45) is 0 Å². The molecule has 8 nitrogen and oxygen atoms in total. The predicted molar refractivity (Wildman–Crippen MR) is 106 cm³/mol. The highest BCUT2D eigenvalue weighted by atomic mass is 79.9. The summed E-state index contributed by atoms with van der Waals surface area (Å²) >= 11 is 3.33. The van der Waals surface area contributed by atoms with Crippen LogP contribution < -0.4 is 5.56 Å². The summed E-state index contributed by atoms with van der Waals surface area (Å²) in [4.78, 5) is 17.0. The van der Waals surface area contributed by atoms with Crippen molar-refractivity contribution in [3.8, 4) is 0 Å². The van der Waals surface area contributed by atoms with Gasteiger partial charge in [0.15, 0.2) is 0 Å². The van der Waals surface area contributed by atoms with Crippen molar-refractivity contribution < 1.29 is 13.9 Å². The zero-order chi connectivity index (χ0) is 21.5. The van der Waals surface area contributed by atoms with Crippen molar-refractivity contribution in [1.82, 2.24) is 29.8 Å². The van der Waals surface area contributed by atoms with Gasteiger partial charge in [0.2, 0.25) is 0 Å². The van der Waals surface area contributed by atoms with Gasteiger partial charge in [-0.05, 0) is 41.1 Å². The molecular weight excluding hydrogens is 462 g/mol. The van der Waals surface area contributed by atoms with Crippen LogP contribution in [0.15, 0.2) is 58.3 Å². The second kappa shape index (κ2) is 7.65. The fraction of sp³-hybridized carbons (Fsp3) is 0.211. The molecule has 0 aliphatic carbocycles. The Morgan fingerprint density at radius 3 is 2.77 bits per heavy atom. The molecule has 0 fully saturated rings. The molecule has 0 saturated carbocycles. The van der Waals surface area contributed by atoms with E-state index in [4.69, 9.17) is 0 Å².